The number of carbonyl (C=O) groups excluding carboxylic acids is 1. The molecule has 6 rings (SSSR count). The molecule has 5 saturated carbocycles. The minimum atomic E-state index is -0.577. The molecule has 5 nitrogen and oxygen atoms in total. The number of ether oxygens (including phenoxy) is 1. The quantitative estimate of drug-likeness (QED) is 0.176. The van der Waals surface area contributed by atoms with E-state index in [0.717, 1.165) is 37.7 Å². The first-order valence-electron chi connectivity index (χ1n) is 19.1. The standard InChI is InChI=1S/C43H65NO4/c1-27(2)30-15-22-43(21-14-29-18-25-44(26-31(29)28(3)45)37(47)48-38(4,5)6)24-23-41(10)32(36(30)43)12-13-34-40(9)19-17-35(46)39(7,8)33(40)16-20-42(34,41)11/h30,32-36,45-46H,1,3,12-13,15-20,22-26H2,2,4-11H3/t30?,32?,33?,34?,35-,36?,40-,41+,42+,43+/m0/s1. The van der Waals surface area contributed by atoms with Gasteiger partial charge in [0.1, 0.15) is 11.4 Å². The van der Waals surface area contributed by atoms with E-state index in [-0.39, 0.29) is 51.6 Å². The van der Waals surface area contributed by atoms with E-state index in [0.29, 0.717) is 48.1 Å². The predicted molar refractivity (Wildman–Crippen MR) is 194 cm³/mol. The van der Waals surface area contributed by atoms with Crippen LogP contribution in [0.4, 0.5) is 4.79 Å². The lowest BCUT2D eigenvalue weighted by molar-refractivity contribution is -0.244. The highest BCUT2D eigenvalue weighted by Crippen LogP contribution is 2.77. The molecule has 1 amide bonds. The smallest absolute Gasteiger partial charge is 0.410 e. The number of amides is 1. The third-order valence-corrected chi connectivity index (χ3v) is 15.9. The minimum absolute atomic E-state index is 0.00202. The van der Waals surface area contributed by atoms with Crippen LogP contribution in [0.15, 0.2) is 35.6 Å². The van der Waals surface area contributed by atoms with Crippen molar-refractivity contribution in [1.82, 2.24) is 4.90 Å². The van der Waals surface area contributed by atoms with E-state index in [1.807, 2.05) is 20.8 Å². The summed E-state index contributed by atoms with van der Waals surface area (Å²) >= 11 is 0. The number of allylic oxidation sites excluding steroid dienone is 1. The van der Waals surface area contributed by atoms with Gasteiger partial charge in [-0.1, -0.05) is 65.2 Å². The second-order valence-electron chi connectivity index (χ2n) is 19.5. The maximum Gasteiger partial charge on any atom is 0.410 e. The summed E-state index contributed by atoms with van der Waals surface area (Å²) in [5.74, 6) is 10.4. The van der Waals surface area contributed by atoms with Crippen LogP contribution in [0.5, 0.6) is 0 Å². The Morgan fingerprint density at radius 1 is 0.917 bits per heavy atom. The van der Waals surface area contributed by atoms with Crippen LogP contribution in [0.1, 0.15) is 133 Å². The van der Waals surface area contributed by atoms with Gasteiger partial charge in [0, 0.05) is 23.1 Å². The molecule has 5 aliphatic carbocycles. The third kappa shape index (κ3) is 5.32. The zero-order valence-electron chi connectivity index (χ0n) is 31.7. The molecule has 6 aliphatic rings. The molecule has 1 aliphatic heterocycles. The summed E-state index contributed by atoms with van der Waals surface area (Å²) in [7, 11) is 0. The van der Waals surface area contributed by atoms with Gasteiger partial charge in [0.25, 0.3) is 0 Å². The lowest BCUT2D eigenvalue weighted by atomic mass is 9.32. The fourth-order valence-electron chi connectivity index (χ4n) is 13.2. The van der Waals surface area contributed by atoms with Gasteiger partial charge in [0.15, 0.2) is 0 Å². The van der Waals surface area contributed by atoms with Gasteiger partial charge in [-0.2, -0.15) is 0 Å². The molecule has 0 aromatic heterocycles. The fraction of sp³-hybridized carbons (Fsp3) is 0.791. The molecule has 2 N–H and O–H groups in total. The Hall–Kier alpha value is -2.19. The molecule has 0 spiro atoms. The third-order valence-electron chi connectivity index (χ3n) is 15.9. The van der Waals surface area contributed by atoms with Crippen molar-refractivity contribution in [3.8, 4) is 11.8 Å². The van der Waals surface area contributed by atoms with E-state index < -0.39 is 5.60 Å². The van der Waals surface area contributed by atoms with Crippen LogP contribution >= 0.6 is 0 Å². The van der Waals surface area contributed by atoms with E-state index in [4.69, 9.17) is 4.74 Å². The van der Waals surface area contributed by atoms with E-state index in [9.17, 15) is 15.0 Å². The number of hydrogen-bond acceptors (Lipinski definition) is 4. The lowest BCUT2D eigenvalue weighted by Crippen LogP contribution is -2.66. The Kier molecular flexibility index (Phi) is 8.67. The highest BCUT2D eigenvalue weighted by atomic mass is 16.6. The number of fused-ring (bicyclic) bond motifs is 7. The van der Waals surface area contributed by atoms with Crippen LogP contribution in [0.25, 0.3) is 0 Å². The van der Waals surface area contributed by atoms with Gasteiger partial charge < -0.3 is 19.8 Å². The molecule has 0 radical (unpaired) electrons. The van der Waals surface area contributed by atoms with Crippen molar-refractivity contribution in [3.05, 3.63) is 35.6 Å². The molecule has 5 fully saturated rings. The Balaban J connectivity index is 1.33. The fourth-order valence-corrected chi connectivity index (χ4v) is 13.2. The highest BCUT2D eigenvalue weighted by Gasteiger charge is 2.70. The summed E-state index contributed by atoms with van der Waals surface area (Å²) in [5, 5.41) is 21.8. The number of carbonyl (C=O) groups is 1. The van der Waals surface area contributed by atoms with Crippen molar-refractivity contribution in [1.29, 1.82) is 0 Å². The molecule has 266 valence electrons. The molecular weight excluding hydrogens is 594 g/mol. The summed E-state index contributed by atoms with van der Waals surface area (Å²) in [6, 6.07) is 0. The second-order valence-corrected chi connectivity index (χ2v) is 19.5. The molecule has 48 heavy (non-hydrogen) atoms. The van der Waals surface area contributed by atoms with Gasteiger partial charge in [-0.25, -0.2) is 4.79 Å². The van der Waals surface area contributed by atoms with Crippen molar-refractivity contribution in [2.75, 3.05) is 13.1 Å². The van der Waals surface area contributed by atoms with E-state index in [2.05, 4.69) is 66.5 Å². The monoisotopic (exact) mass is 659 g/mol. The van der Waals surface area contributed by atoms with Crippen LogP contribution < -0.4 is 0 Å². The zero-order chi connectivity index (χ0) is 35.2. The summed E-state index contributed by atoms with van der Waals surface area (Å²) in [5.41, 5.74) is 3.00. The number of aliphatic hydroxyl groups excluding tert-OH is 2. The Morgan fingerprint density at radius 2 is 1.62 bits per heavy atom. The van der Waals surface area contributed by atoms with Crippen LogP contribution in [-0.4, -0.2) is 46.0 Å². The Morgan fingerprint density at radius 3 is 2.27 bits per heavy atom. The van der Waals surface area contributed by atoms with Gasteiger partial charge in [-0.05, 0) is 150 Å². The van der Waals surface area contributed by atoms with Crippen molar-refractivity contribution in [2.45, 2.75) is 145 Å². The van der Waals surface area contributed by atoms with E-state index >= 15 is 0 Å². The molecule has 0 aromatic rings. The number of rotatable bonds is 2. The first kappa shape index (κ1) is 35.6. The van der Waals surface area contributed by atoms with Crippen molar-refractivity contribution >= 4 is 6.09 Å². The highest BCUT2D eigenvalue weighted by molar-refractivity contribution is 5.69. The number of aliphatic hydroxyl groups is 2. The van der Waals surface area contributed by atoms with E-state index in [1.165, 1.54) is 37.7 Å². The molecule has 5 heteroatoms. The summed E-state index contributed by atoms with van der Waals surface area (Å²) in [6.45, 7) is 29.7. The Labute approximate surface area is 292 Å². The predicted octanol–water partition coefficient (Wildman–Crippen LogP) is 10.0. The van der Waals surface area contributed by atoms with Crippen molar-refractivity contribution in [2.24, 2.45) is 56.7 Å². The minimum Gasteiger partial charge on any atom is -0.508 e. The van der Waals surface area contributed by atoms with Crippen LogP contribution in [0.2, 0.25) is 0 Å². The van der Waals surface area contributed by atoms with Crippen LogP contribution in [0.3, 0.4) is 0 Å². The molecule has 1 heterocycles. The maximum atomic E-state index is 12.9. The summed E-state index contributed by atoms with van der Waals surface area (Å²) < 4.78 is 5.64. The molecule has 0 aromatic carbocycles. The topological polar surface area (TPSA) is 70.0 Å². The van der Waals surface area contributed by atoms with Crippen LogP contribution in [-0.2, 0) is 4.74 Å². The Bertz CT molecular complexity index is 1450. The maximum absolute atomic E-state index is 12.9. The van der Waals surface area contributed by atoms with E-state index in [1.54, 1.807) is 4.90 Å². The van der Waals surface area contributed by atoms with Crippen molar-refractivity contribution < 1.29 is 19.7 Å². The average molecular weight is 660 g/mol. The average Bonchev–Trinajstić information content (AvgIpc) is 3.38. The number of nitrogens with zero attached hydrogens (tertiary/aromatic N) is 1. The number of hydrogen-bond donors (Lipinski definition) is 2. The van der Waals surface area contributed by atoms with Crippen LogP contribution in [0, 0.1) is 68.5 Å². The SMILES string of the molecule is C=C(O)C1=C(C#C[C@]23CCC(C(=C)C)C2C2CCC4[C@@]5(C)CC[C@H](O)C(C)(C)C5CC[C@@]4(C)[C@]2(C)CC3)CCN(C(=O)OC(C)(C)C)C1. The molecule has 0 saturated heterocycles. The van der Waals surface area contributed by atoms with Gasteiger partial charge in [0.2, 0.25) is 0 Å². The van der Waals surface area contributed by atoms with Gasteiger partial charge in [-0.15, -0.1) is 0 Å². The van der Waals surface area contributed by atoms with Gasteiger partial charge in [-0.3, -0.25) is 0 Å². The normalized spacial score (nSPS) is 43.5. The van der Waals surface area contributed by atoms with Gasteiger partial charge >= 0.3 is 6.09 Å². The molecular formula is C43H65NO4. The first-order valence-corrected chi connectivity index (χ1v) is 19.1. The molecule has 0 bridgehead atoms. The zero-order valence-corrected chi connectivity index (χ0v) is 31.7. The van der Waals surface area contributed by atoms with Crippen molar-refractivity contribution in [3.63, 3.8) is 0 Å². The van der Waals surface area contributed by atoms with Gasteiger partial charge in [0.05, 0.1) is 12.6 Å². The summed E-state index contributed by atoms with van der Waals surface area (Å²) in [6.07, 6.45) is 11.7. The molecule has 10 atom stereocenters. The largest absolute Gasteiger partial charge is 0.508 e. The lowest BCUT2D eigenvalue weighted by Gasteiger charge is -2.72. The summed E-state index contributed by atoms with van der Waals surface area (Å²) in [4.78, 5) is 14.6. The first-order chi connectivity index (χ1) is 22.2. The molecule has 5 unspecified atom stereocenters. The second kappa shape index (κ2) is 11.7.